The molecule has 113 heavy (non-hydrogen) atoms. The van der Waals surface area contributed by atoms with Crippen LogP contribution in [0.2, 0.25) is 0 Å². The third kappa shape index (κ3) is 39.2. The summed E-state index contributed by atoms with van der Waals surface area (Å²) in [5, 5.41) is 113. The summed E-state index contributed by atoms with van der Waals surface area (Å²) in [6.45, 7) is 51.8. The van der Waals surface area contributed by atoms with Gasteiger partial charge in [0.05, 0.1) is 107 Å². The lowest BCUT2D eigenvalue weighted by Gasteiger charge is -2.44. The first-order valence-electron chi connectivity index (χ1n) is 40.0. The molecule has 0 spiro atoms. The molecule has 31 nitrogen and oxygen atoms in total. The molecule has 1 aliphatic rings. The van der Waals surface area contributed by atoms with Crippen LogP contribution in [0.1, 0.15) is 239 Å². The summed E-state index contributed by atoms with van der Waals surface area (Å²) < 4.78 is 57.0. The van der Waals surface area contributed by atoms with Gasteiger partial charge in [0.15, 0.2) is 18.9 Å². The number of ether oxygens (including phenoxy) is 9. The normalized spacial score (nSPS) is 20.4. The Kier molecular flexibility index (Phi) is 42.0. The molecule has 0 radical (unpaired) electrons. The minimum atomic E-state index is -1.46. The predicted molar refractivity (Wildman–Crippen MR) is 430 cm³/mol. The fourth-order valence-corrected chi connectivity index (χ4v) is 15.8. The SMILES string of the molecule is CNC(COC(C)(C)CC(C)(C)C(=O)NCC(C)(C)CC(C)(C)COC1OC(CO)C(O)C(O)C1NC(C)=O)(COC(C)(C)CC(C)(C)C(=O)NCC(C)(C)CC(C)(C)COC(OC(CO)[C@@H](C)O)[C@H](CO)NC(C)=O)COC(C)(C)CC(C)(C)C(=O)NCC(C)(C)CC(C)(C)COC(OC(CO)[C@@H](C)O)[C@H](CO)NC(C)=O. The van der Waals surface area contributed by atoms with E-state index in [1.165, 1.54) is 34.6 Å². The molecule has 1 fully saturated rings. The van der Waals surface area contributed by atoms with E-state index in [4.69, 9.17) is 42.6 Å². The summed E-state index contributed by atoms with van der Waals surface area (Å²) in [5.41, 5.74) is -9.98. The van der Waals surface area contributed by atoms with Crippen molar-refractivity contribution in [2.45, 2.75) is 341 Å². The van der Waals surface area contributed by atoms with Crippen molar-refractivity contribution in [3.63, 3.8) is 0 Å². The molecule has 0 aromatic heterocycles. The van der Waals surface area contributed by atoms with E-state index in [0.717, 1.165) is 0 Å². The zero-order valence-corrected chi connectivity index (χ0v) is 74.8. The van der Waals surface area contributed by atoms with Gasteiger partial charge in [0.2, 0.25) is 35.4 Å². The first-order valence-corrected chi connectivity index (χ1v) is 40.0. The Morgan fingerprint density at radius 3 is 0.982 bits per heavy atom. The maximum atomic E-state index is 14.4. The summed E-state index contributed by atoms with van der Waals surface area (Å²) in [4.78, 5) is 79.6. The topological polar surface area (TPSA) is 452 Å². The van der Waals surface area contributed by atoms with E-state index in [1.54, 1.807) is 7.05 Å². The molecule has 16 N–H and O–H groups in total. The summed E-state index contributed by atoms with van der Waals surface area (Å²) in [7, 11) is 1.78. The van der Waals surface area contributed by atoms with E-state index in [9.17, 15) is 74.7 Å². The molecule has 31 heteroatoms. The van der Waals surface area contributed by atoms with Gasteiger partial charge in [-0.3, -0.25) is 28.8 Å². The third-order valence-corrected chi connectivity index (χ3v) is 20.3. The van der Waals surface area contributed by atoms with Crippen LogP contribution in [0.4, 0.5) is 0 Å². The minimum Gasteiger partial charge on any atom is -0.394 e. The highest BCUT2D eigenvalue weighted by molar-refractivity contribution is 5.83. The van der Waals surface area contributed by atoms with Crippen molar-refractivity contribution in [2.24, 2.45) is 48.7 Å². The van der Waals surface area contributed by atoms with Crippen molar-refractivity contribution >= 4 is 35.4 Å². The number of carbonyl (C=O) groups is 6. The van der Waals surface area contributed by atoms with Gasteiger partial charge in [0, 0.05) is 56.7 Å². The van der Waals surface area contributed by atoms with Gasteiger partial charge in [-0.25, -0.2) is 0 Å². The van der Waals surface area contributed by atoms with Gasteiger partial charge in [0.25, 0.3) is 0 Å². The summed E-state index contributed by atoms with van der Waals surface area (Å²) >= 11 is 0. The lowest BCUT2D eigenvalue weighted by Crippen LogP contribution is -2.64. The molecule has 1 rings (SSSR count). The molecule has 0 aromatic rings. The molecular weight excluding hydrogens is 1470 g/mol. The molecule has 0 bridgehead atoms. The van der Waals surface area contributed by atoms with Gasteiger partial charge < -0.3 is 126 Å². The third-order valence-electron chi connectivity index (χ3n) is 20.3. The Balaban J connectivity index is 3.59. The van der Waals surface area contributed by atoms with Gasteiger partial charge in [-0.1, -0.05) is 125 Å². The minimum absolute atomic E-state index is 0.00849. The van der Waals surface area contributed by atoms with Crippen LogP contribution < -0.4 is 37.2 Å². The lowest BCUT2D eigenvalue weighted by atomic mass is 9.75. The molecule has 666 valence electrons. The number of aliphatic hydroxyl groups is 9. The van der Waals surface area contributed by atoms with Crippen LogP contribution in [0, 0.1) is 48.7 Å². The molecule has 9 unspecified atom stereocenters. The molecular formula is C82H159N7O24. The average Bonchev–Trinajstić information content (AvgIpc) is 1.03. The van der Waals surface area contributed by atoms with Crippen molar-refractivity contribution in [1.82, 2.24) is 37.2 Å². The second-order valence-corrected chi connectivity index (χ2v) is 40.7. The zero-order chi connectivity index (χ0) is 87.9. The summed E-state index contributed by atoms with van der Waals surface area (Å²) in [6.07, 6.45) is -9.54. The van der Waals surface area contributed by atoms with Gasteiger partial charge in [0.1, 0.15) is 48.6 Å². The first kappa shape index (κ1) is 107. The van der Waals surface area contributed by atoms with Crippen LogP contribution in [-0.2, 0) is 71.4 Å². The second-order valence-electron chi connectivity index (χ2n) is 40.7. The van der Waals surface area contributed by atoms with E-state index in [-0.39, 0.29) is 96.3 Å². The Hall–Kier alpha value is -3.94. The van der Waals surface area contributed by atoms with Gasteiger partial charge in [-0.15, -0.1) is 0 Å². The average molecular weight is 1630 g/mol. The number of hydrogen-bond acceptors (Lipinski definition) is 25. The summed E-state index contributed by atoms with van der Waals surface area (Å²) in [6, 6.07) is -3.10. The second kappa shape index (κ2) is 44.4. The fourth-order valence-electron chi connectivity index (χ4n) is 15.8. The van der Waals surface area contributed by atoms with E-state index in [1.807, 2.05) is 166 Å². The Morgan fingerprint density at radius 1 is 0.416 bits per heavy atom. The quantitative estimate of drug-likeness (QED) is 0.0375. The number of hydrogen-bond donors (Lipinski definition) is 16. The van der Waals surface area contributed by atoms with Crippen LogP contribution in [0.25, 0.3) is 0 Å². The summed E-state index contributed by atoms with van der Waals surface area (Å²) in [5.74, 6) is -1.98. The highest BCUT2D eigenvalue weighted by Gasteiger charge is 2.49. The molecule has 6 amide bonds. The van der Waals surface area contributed by atoms with E-state index >= 15 is 0 Å². The Bertz CT molecular complexity index is 2780. The van der Waals surface area contributed by atoms with Crippen LogP contribution in [-0.4, -0.2) is 283 Å². The predicted octanol–water partition coefficient (Wildman–Crippen LogP) is 4.41. The largest absolute Gasteiger partial charge is 0.394 e. The van der Waals surface area contributed by atoms with Gasteiger partial charge in [-0.05, 0) is 133 Å². The monoisotopic (exact) mass is 1630 g/mol. The van der Waals surface area contributed by atoms with Gasteiger partial charge >= 0.3 is 0 Å². The number of aliphatic hydroxyl groups excluding tert-OH is 9. The van der Waals surface area contributed by atoms with Crippen molar-refractivity contribution in [2.75, 3.05) is 99.4 Å². The number of carbonyl (C=O) groups excluding carboxylic acids is 6. The number of rotatable bonds is 56. The van der Waals surface area contributed by atoms with Crippen LogP contribution in [0.3, 0.4) is 0 Å². The Morgan fingerprint density at radius 2 is 0.726 bits per heavy atom. The first-order chi connectivity index (χ1) is 51.2. The number of likely N-dealkylation sites (N-methyl/N-ethyl adjacent to an activating group) is 1. The van der Waals surface area contributed by atoms with E-state index < -0.39 is 202 Å². The van der Waals surface area contributed by atoms with Crippen LogP contribution in [0.5, 0.6) is 0 Å². The van der Waals surface area contributed by atoms with Crippen molar-refractivity contribution in [3.8, 4) is 0 Å². The molecule has 1 heterocycles. The Labute approximate surface area is 676 Å². The van der Waals surface area contributed by atoms with Crippen molar-refractivity contribution in [3.05, 3.63) is 0 Å². The smallest absolute Gasteiger partial charge is 0.225 e. The maximum absolute atomic E-state index is 14.4. The van der Waals surface area contributed by atoms with Crippen molar-refractivity contribution in [1.29, 1.82) is 0 Å². The standard InChI is InChI=1S/C82H159N7O24/c1-51(95)58(33-92)111-64(56(31-90)87-53(3)97)105-45-73(12,13)36-70(6,7)42-84-67(102)76(18,19)39-79(24,25)108-48-82(83-30,49-109-80(26,27)40-77(20,21)68(103)85-43-71(8,9)37-74(14,15)46-106-65(57(32-91)88-54(4)98)112-59(34-93)52(2)96)50-110-81(28,29)41-78(22,23)69(104)86-44-72(10,11)38-75(16,17)47-107-66-61(89-55(5)99)63(101)62(100)60(35-94)113-66/h51-52,56-66,83,90-96,100-101H,31-50H2,1-30H3,(H,84,102)(H,85,103)(H,86,104)(H,87,97)(H,88,98)(H,89,99)/t51-,52-,56+,57+,58?,59?,60?,61?,62?,63?,64?,65?,66?,82?/m1/s1. The highest BCUT2D eigenvalue weighted by Crippen LogP contribution is 2.41. The molecule has 0 saturated carbocycles. The maximum Gasteiger partial charge on any atom is 0.225 e. The zero-order valence-electron chi connectivity index (χ0n) is 74.8. The van der Waals surface area contributed by atoms with Crippen LogP contribution in [0.15, 0.2) is 0 Å². The molecule has 1 saturated heterocycles. The van der Waals surface area contributed by atoms with E-state index in [0.29, 0.717) is 19.3 Å². The molecule has 13 atom stereocenters. The number of nitrogens with one attached hydrogen (secondary N) is 7. The molecule has 0 aromatic carbocycles. The highest BCUT2D eigenvalue weighted by atomic mass is 16.7. The lowest BCUT2D eigenvalue weighted by molar-refractivity contribution is -0.276. The fraction of sp³-hybridized carbons (Fsp3) is 0.927. The molecule has 0 aliphatic carbocycles. The van der Waals surface area contributed by atoms with Crippen LogP contribution >= 0.6 is 0 Å². The van der Waals surface area contributed by atoms with Gasteiger partial charge in [-0.2, -0.15) is 0 Å². The van der Waals surface area contributed by atoms with E-state index in [2.05, 4.69) is 37.2 Å². The number of amides is 6. The van der Waals surface area contributed by atoms with Crippen molar-refractivity contribution < 1.29 is 117 Å². The molecule has 1 aliphatic heterocycles.